The van der Waals surface area contributed by atoms with Crippen LogP contribution in [0.15, 0.2) is 12.1 Å². The van der Waals surface area contributed by atoms with Crippen LogP contribution in [0, 0.1) is 0 Å². The Kier molecular flexibility index (Phi) is 2.73. The molecular formula is C12H16N2O2. The first kappa shape index (κ1) is 10.8. The fraction of sp³-hybridized carbons (Fsp3) is 0.417. The Labute approximate surface area is 95.0 Å². The van der Waals surface area contributed by atoms with Crippen molar-refractivity contribution in [3.8, 4) is 5.75 Å². The van der Waals surface area contributed by atoms with Crippen molar-refractivity contribution in [3.63, 3.8) is 0 Å². The lowest BCUT2D eigenvalue weighted by molar-refractivity contribution is -0.129. The number of carbonyl (C=O) groups is 1. The fourth-order valence-electron chi connectivity index (χ4n) is 2.11. The van der Waals surface area contributed by atoms with E-state index in [1.165, 1.54) is 0 Å². The highest BCUT2D eigenvalue weighted by Crippen LogP contribution is 2.31. The number of nitrogens with zero attached hydrogens (tertiary/aromatic N) is 1. The Balaban J connectivity index is 2.35. The highest BCUT2D eigenvalue weighted by Gasteiger charge is 2.21. The van der Waals surface area contributed by atoms with E-state index >= 15 is 0 Å². The topological polar surface area (TPSA) is 55.6 Å². The van der Waals surface area contributed by atoms with Crippen molar-refractivity contribution in [2.45, 2.75) is 19.9 Å². The van der Waals surface area contributed by atoms with Gasteiger partial charge >= 0.3 is 0 Å². The maximum absolute atomic E-state index is 11.3. The van der Waals surface area contributed by atoms with Crippen LogP contribution >= 0.6 is 0 Å². The molecule has 86 valence electrons. The maximum atomic E-state index is 11.3. The number of fused-ring (bicyclic) bond motifs is 1. The number of anilines is 1. The Morgan fingerprint density at radius 3 is 2.88 bits per heavy atom. The van der Waals surface area contributed by atoms with Gasteiger partial charge in [-0.05, 0) is 23.6 Å². The summed E-state index contributed by atoms with van der Waals surface area (Å²) in [6, 6.07) is 3.84. The zero-order chi connectivity index (χ0) is 11.7. The molecule has 2 N–H and O–H groups in total. The Hall–Kier alpha value is -1.71. The van der Waals surface area contributed by atoms with E-state index < -0.39 is 0 Å². The molecular weight excluding hydrogens is 204 g/mol. The van der Waals surface area contributed by atoms with Crippen molar-refractivity contribution in [1.29, 1.82) is 0 Å². The zero-order valence-corrected chi connectivity index (χ0v) is 9.62. The molecule has 4 nitrogen and oxygen atoms in total. The second-order valence-corrected chi connectivity index (χ2v) is 4.01. The number of hydrogen-bond donors (Lipinski definition) is 1. The molecule has 2 rings (SSSR count). The summed E-state index contributed by atoms with van der Waals surface area (Å²) in [6.45, 7) is 2.98. The summed E-state index contributed by atoms with van der Waals surface area (Å²) in [4.78, 5) is 13.1. The lowest BCUT2D eigenvalue weighted by atomic mass is 9.97. The van der Waals surface area contributed by atoms with Crippen molar-refractivity contribution >= 4 is 11.6 Å². The third-order valence-electron chi connectivity index (χ3n) is 3.07. The van der Waals surface area contributed by atoms with Crippen LogP contribution in [-0.2, 0) is 17.8 Å². The minimum Gasteiger partial charge on any atom is -0.495 e. The lowest BCUT2D eigenvalue weighted by Crippen LogP contribution is -2.34. The van der Waals surface area contributed by atoms with Gasteiger partial charge in [-0.25, -0.2) is 0 Å². The molecule has 0 atom stereocenters. The molecule has 0 spiro atoms. The molecule has 1 heterocycles. The highest BCUT2D eigenvalue weighted by atomic mass is 16.5. The Morgan fingerprint density at radius 1 is 1.50 bits per heavy atom. The van der Waals surface area contributed by atoms with Crippen LogP contribution in [0.1, 0.15) is 18.1 Å². The molecule has 0 unspecified atom stereocenters. The van der Waals surface area contributed by atoms with E-state index in [4.69, 9.17) is 10.5 Å². The standard InChI is InChI=1S/C12H16N2O2/c1-8(15)14-6-5-10-9(7-14)3-4-11(16-2)12(10)13/h3-4H,5-7,13H2,1-2H3. The largest absolute Gasteiger partial charge is 0.495 e. The molecule has 1 aromatic carbocycles. The minimum atomic E-state index is 0.111. The fourth-order valence-corrected chi connectivity index (χ4v) is 2.11. The van der Waals surface area contributed by atoms with Crippen LogP contribution in [0.5, 0.6) is 5.75 Å². The molecule has 0 saturated heterocycles. The van der Waals surface area contributed by atoms with E-state index in [9.17, 15) is 4.79 Å². The SMILES string of the molecule is COc1ccc2c(c1N)CCN(C(C)=O)C2. The van der Waals surface area contributed by atoms with Crippen LogP contribution < -0.4 is 10.5 Å². The Morgan fingerprint density at radius 2 is 2.25 bits per heavy atom. The second kappa shape index (κ2) is 4.04. The van der Waals surface area contributed by atoms with Gasteiger partial charge in [0.1, 0.15) is 5.75 Å². The van der Waals surface area contributed by atoms with Crippen LogP contribution in [0.2, 0.25) is 0 Å². The summed E-state index contributed by atoms with van der Waals surface area (Å²) < 4.78 is 5.18. The smallest absolute Gasteiger partial charge is 0.219 e. The third kappa shape index (κ3) is 1.71. The molecule has 1 amide bonds. The summed E-state index contributed by atoms with van der Waals surface area (Å²) in [7, 11) is 1.61. The number of hydrogen-bond acceptors (Lipinski definition) is 3. The molecule has 0 radical (unpaired) electrons. The first-order chi connectivity index (χ1) is 7.63. The molecule has 0 aliphatic carbocycles. The average molecular weight is 220 g/mol. The average Bonchev–Trinajstić information content (AvgIpc) is 2.29. The quantitative estimate of drug-likeness (QED) is 0.723. The van der Waals surface area contributed by atoms with Gasteiger partial charge in [-0.15, -0.1) is 0 Å². The Bertz CT molecular complexity index is 429. The minimum absolute atomic E-state index is 0.111. The van der Waals surface area contributed by atoms with E-state index in [1.807, 2.05) is 17.0 Å². The van der Waals surface area contributed by atoms with Gasteiger partial charge in [0.15, 0.2) is 0 Å². The van der Waals surface area contributed by atoms with Gasteiger partial charge in [0, 0.05) is 20.0 Å². The summed E-state index contributed by atoms with van der Waals surface area (Å²) in [5.41, 5.74) is 8.97. The third-order valence-corrected chi connectivity index (χ3v) is 3.07. The van der Waals surface area contributed by atoms with Crippen LogP contribution in [0.25, 0.3) is 0 Å². The number of benzene rings is 1. The van der Waals surface area contributed by atoms with Gasteiger partial charge in [0.25, 0.3) is 0 Å². The first-order valence-electron chi connectivity index (χ1n) is 5.33. The lowest BCUT2D eigenvalue weighted by Gasteiger charge is -2.29. The number of amides is 1. The van der Waals surface area contributed by atoms with Gasteiger partial charge < -0.3 is 15.4 Å². The van der Waals surface area contributed by atoms with Gasteiger partial charge in [-0.2, -0.15) is 0 Å². The molecule has 0 bridgehead atoms. The summed E-state index contributed by atoms with van der Waals surface area (Å²) in [6.07, 6.45) is 0.804. The van der Waals surface area contributed by atoms with E-state index in [1.54, 1.807) is 14.0 Å². The molecule has 0 aromatic heterocycles. The van der Waals surface area contributed by atoms with Crippen molar-refractivity contribution in [1.82, 2.24) is 4.90 Å². The number of carbonyl (C=O) groups excluding carboxylic acids is 1. The predicted octanol–water partition coefficient (Wildman–Crippen LogP) is 1.18. The second-order valence-electron chi connectivity index (χ2n) is 4.01. The molecule has 1 aliphatic heterocycles. The van der Waals surface area contributed by atoms with Crippen molar-refractivity contribution in [3.05, 3.63) is 23.3 Å². The monoisotopic (exact) mass is 220 g/mol. The zero-order valence-electron chi connectivity index (χ0n) is 9.62. The molecule has 1 aliphatic rings. The van der Waals surface area contributed by atoms with Crippen LogP contribution in [0.4, 0.5) is 5.69 Å². The van der Waals surface area contributed by atoms with E-state index in [2.05, 4.69) is 0 Å². The van der Waals surface area contributed by atoms with Gasteiger partial charge in [0.05, 0.1) is 12.8 Å². The summed E-state index contributed by atoms with van der Waals surface area (Å²) >= 11 is 0. The van der Waals surface area contributed by atoms with E-state index in [0.29, 0.717) is 12.2 Å². The number of rotatable bonds is 1. The van der Waals surface area contributed by atoms with Crippen LogP contribution in [-0.4, -0.2) is 24.5 Å². The van der Waals surface area contributed by atoms with Crippen molar-refractivity contribution in [2.24, 2.45) is 0 Å². The normalized spacial score (nSPS) is 14.5. The number of nitrogen functional groups attached to an aromatic ring is 1. The first-order valence-corrected chi connectivity index (χ1v) is 5.33. The molecule has 4 heteroatoms. The molecule has 0 fully saturated rings. The molecule has 1 aromatic rings. The van der Waals surface area contributed by atoms with Crippen molar-refractivity contribution < 1.29 is 9.53 Å². The maximum Gasteiger partial charge on any atom is 0.219 e. The summed E-state index contributed by atoms with van der Waals surface area (Å²) in [5, 5.41) is 0. The molecule has 16 heavy (non-hydrogen) atoms. The van der Waals surface area contributed by atoms with E-state index in [0.717, 1.165) is 29.8 Å². The van der Waals surface area contributed by atoms with Crippen molar-refractivity contribution in [2.75, 3.05) is 19.4 Å². The van der Waals surface area contributed by atoms with E-state index in [-0.39, 0.29) is 5.91 Å². The van der Waals surface area contributed by atoms with Gasteiger partial charge in [-0.3, -0.25) is 4.79 Å². The van der Waals surface area contributed by atoms with Gasteiger partial charge in [0.2, 0.25) is 5.91 Å². The van der Waals surface area contributed by atoms with Crippen LogP contribution in [0.3, 0.4) is 0 Å². The number of methoxy groups -OCH3 is 1. The molecule has 0 saturated carbocycles. The number of ether oxygens (including phenoxy) is 1. The highest BCUT2D eigenvalue weighted by molar-refractivity contribution is 5.74. The summed E-state index contributed by atoms with van der Waals surface area (Å²) in [5.74, 6) is 0.829. The number of nitrogens with two attached hydrogens (primary N) is 1. The predicted molar refractivity (Wildman–Crippen MR) is 62.2 cm³/mol. The van der Waals surface area contributed by atoms with Gasteiger partial charge in [-0.1, -0.05) is 6.07 Å².